The lowest BCUT2D eigenvalue weighted by molar-refractivity contribution is 0.0746. The lowest BCUT2D eigenvalue weighted by Crippen LogP contribution is -2.48. The van der Waals surface area contributed by atoms with Crippen LogP contribution in [0.3, 0.4) is 0 Å². The average Bonchev–Trinajstić information content (AvgIpc) is 3.17. The van der Waals surface area contributed by atoms with Gasteiger partial charge in [0.05, 0.1) is 0 Å². The van der Waals surface area contributed by atoms with Gasteiger partial charge in [0, 0.05) is 49.7 Å². The van der Waals surface area contributed by atoms with Crippen molar-refractivity contribution >= 4 is 22.6 Å². The maximum absolute atomic E-state index is 12.8. The van der Waals surface area contributed by atoms with Crippen molar-refractivity contribution in [3.63, 3.8) is 0 Å². The summed E-state index contributed by atoms with van der Waals surface area (Å²) in [7, 11) is 0. The maximum atomic E-state index is 12.8. The van der Waals surface area contributed by atoms with Crippen LogP contribution < -0.4 is 4.90 Å². The van der Waals surface area contributed by atoms with Crippen LogP contribution in [-0.4, -0.2) is 46.3 Å². The second-order valence-corrected chi connectivity index (χ2v) is 7.48. The number of hydrogen-bond donors (Lipinski definition) is 0. The number of nitrogens with zero attached hydrogens (tertiary/aromatic N) is 4. The first-order chi connectivity index (χ1) is 13.2. The first kappa shape index (κ1) is 17.7. The fourth-order valence-corrected chi connectivity index (χ4v) is 4.04. The zero-order valence-corrected chi connectivity index (χ0v) is 16.2. The molecule has 0 aliphatic carbocycles. The molecule has 3 aromatic rings. The number of aryl methyl sites for hydroxylation is 1. The Kier molecular flexibility index (Phi) is 5.16. The van der Waals surface area contributed by atoms with E-state index in [2.05, 4.69) is 21.4 Å². The number of benzene rings is 2. The molecule has 6 heteroatoms. The van der Waals surface area contributed by atoms with Crippen molar-refractivity contribution in [3.8, 4) is 0 Å². The summed E-state index contributed by atoms with van der Waals surface area (Å²) in [5.74, 6) is 0.981. The van der Waals surface area contributed by atoms with Crippen molar-refractivity contribution in [2.75, 3.05) is 31.1 Å². The van der Waals surface area contributed by atoms with Gasteiger partial charge in [-0.05, 0) is 24.1 Å². The monoisotopic (exact) mass is 378 g/mol. The van der Waals surface area contributed by atoms with E-state index >= 15 is 0 Å². The summed E-state index contributed by atoms with van der Waals surface area (Å²) >= 11 is 1.45. The van der Waals surface area contributed by atoms with Crippen LogP contribution in [0.15, 0.2) is 54.6 Å². The highest BCUT2D eigenvalue weighted by Gasteiger charge is 2.24. The topological polar surface area (TPSA) is 49.3 Å². The van der Waals surface area contributed by atoms with Gasteiger partial charge >= 0.3 is 0 Å². The van der Waals surface area contributed by atoms with Gasteiger partial charge in [-0.15, -0.1) is 0 Å². The molecule has 1 fully saturated rings. The molecule has 0 bridgehead atoms. The van der Waals surface area contributed by atoms with Crippen LogP contribution in [-0.2, 0) is 6.42 Å². The second kappa shape index (κ2) is 7.88. The van der Waals surface area contributed by atoms with E-state index in [4.69, 9.17) is 4.98 Å². The fraction of sp³-hybridized carbons (Fsp3) is 0.286. The van der Waals surface area contributed by atoms with Crippen molar-refractivity contribution < 1.29 is 4.79 Å². The minimum atomic E-state index is 0.120. The molecule has 4 rings (SSSR count). The van der Waals surface area contributed by atoms with E-state index in [1.54, 1.807) is 0 Å². The molecular formula is C21H22N4OS. The van der Waals surface area contributed by atoms with Crippen molar-refractivity contribution in [2.24, 2.45) is 0 Å². The molecule has 0 N–H and O–H groups in total. The molecule has 1 saturated heterocycles. The Morgan fingerprint density at radius 2 is 1.70 bits per heavy atom. The number of anilines is 1. The van der Waals surface area contributed by atoms with Gasteiger partial charge in [-0.2, -0.15) is 4.37 Å². The highest BCUT2D eigenvalue weighted by Crippen LogP contribution is 2.21. The highest BCUT2D eigenvalue weighted by atomic mass is 32.1. The van der Waals surface area contributed by atoms with E-state index in [9.17, 15) is 4.79 Å². The summed E-state index contributed by atoms with van der Waals surface area (Å²) in [6.45, 7) is 4.98. The zero-order chi connectivity index (χ0) is 18.6. The molecule has 1 aromatic heterocycles. The summed E-state index contributed by atoms with van der Waals surface area (Å²) < 4.78 is 4.51. The summed E-state index contributed by atoms with van der Waals surface area (Å²) in [6, 6.07) is 18.1. The van der Waals surface area contributed by atoms with Crippen LogP contribution in [0.2, 0.25) is 0 Å². The van der Waals surface area contributed by atoms with Gasteiger partial charge < -0.3 is 9.80 Å². The number of carbonyl (C=O) groups is 1. The Labute approximate surface area is 163 Å². The van der Waals surface area contributed by atoms with Crippen molar-refractivity contribution in [1.29, 1.82) is 0 Å². The van der Waals surface area contributed by atoms with Gasteiger partial charge in [-0.1, -0.05) is 48.5 Å². The third kappa shape index (κ3) is 4.01. The van der Waals surface area contributed by atoms with Crippen LogP contribution in [0.5, 0.6) is 0 Å². The van der Waals surface area contributed by atoms with Gasteiger partial charge in [-0.25, -0.2) is 4.98 Å². The Hall–Kier alpha value is -2.73. The molecule has 2 heterocycles. The van der Waals surface area contributed by atoms with Gasteiger partial charge in [0.25, 0.3) is 5.91 Å². The number of aromatic nitrogens is 2. The van der Waals surface area contributed by atoms with Crippen LogP contribution in [0.1, 0.15) is 27.3 Å². The SMILES string of the molecule is Cc1ccccc1C(=O)N1CCN(c2nc(Cc3ccccc3)ns2)CC1. The standard InChI is InChI=1S/C21H22N4OS/c1-16-7-5-6-10-18(16)20(26)24-11-13-25(14-12-24)21-22-19(23-27-21)15-17-8-3-2-4-9-17/h2-10H,11-15H2,1H3. The number of carbonyl (C=O) groups excluding carboxylic acids is 1. The van der Waals surface area contributed by atoms with E-state index < -0.39 is 0 Å². The lowest BCUT2D eigenvalue weighted by atomic mass is 10.1. The van der Waals surface area contributed by atoms with Crippen molar-refractivity contribution in [2.45, 2.75) is 13.3 Å². The minimum Gasteiger partial charge on any atom is -0.343 e. The molecule has 0 unspecified atom stereocenters. The van der Waals surface area contributed by atoms with Gasteiger partial charge in [0.2, 0.25) is 5.13 Å². The minimum absolute atomic E-state index is 0.120. The largest absolute Gasteiger partial charge is 0.343 e. The van der Waals surface area contributed by atoms with E-state index in [-0.39, 0.29) is 5.91 Å². The van der Waals surface area contributed by atoms with Crippen LogP contribution in [0.25, 0.3) is 0 Å². The summed E-state index contributed by atoms with van der Waals surface area (Å²) in [5, 5.41) is 0.948. The summed E-state index contributed by atoms with van der Waals surface area (Å²) in [6.07, 6.45) is 0.753. The highest BCUT2D eigenvalue weighted by molar-refractivity contribution is 7.09. The van der Waals surface area contributed by atoms with Crippen molar-refractivity contribution in [1.82, 2.24) is 14.3 Å². The first-order valence-corrected chi connectivity index (χ1v) is 9.94. The summed E-state index contributed by atoms with van der Waals surface area (Å²) in [4.78, 5) is 21.6. The van der Waals surface area contributed by atoms with E-state index in [1.165, 1.54) is 17.1 Å². The fourth-order valence-electron chi connectivity index (χ4n) is 3.31. The Morgan fingerprint density at radius 1 is 1.00 bits per heavy atom. The maximum Gasteiger partial charge on any atom is 0.254 e. The van der Waals surface area contributed by atoms with E-state index in [0.717, 1.165) is 41.6 Å². The number of hydrogen-bond acceptors (Lipinski definition) is 5. The Morgan fingerprint density at radius 3 is 2.44 bits per heavy atom. The first-order valence-electron chi connectivity index (χ1n) is 9.17. The number of rotatable bonds is 4. The molecule has 5 nitrogen and oxygen atoms in total. The van der Waals surface area contributed by atoms with Gasteiger partial charge in [-0.3, -0.25) is 4.79 Å². The predicted molar refractivity (Wildman–Crippen MR) is 108 cm³/mol. The molecule has 2 aromatic carbocycles. The van der Waals surface area contributed by atoms with Crippen LogP contribution in [0, 0.1) is 6.92 Å². The number of amides is 1. The average molecular weight is 379 g/mol. The quantitative estimate of drug-likeness (QED) is 0.698. The van der Waals surface area contributed by atoms with Crippen LogP contribution in [0.4, 0.5) is 5.13 Å². The Bertz CT molecular complexity index is 917. The molecule has 1 aliphatic rings. The normalized spacial score (nSPS) is 14.4. The third-order valence-electron chi connectivity index (χ3n) is 4.88. The number of piperazine rings is 1. The molecule has 0 saturated carbocycles. The third-order valence-corrected chi connectivity index (χ3v) is 5.69. The molecular weight excluding hydrogens is 356 g/mol. The molecule has 27 heavy (non-hydrogen) atoms. The van der Waals surface area contributed by atoms with E-state index in [1.807, 2.05) is 54.3 Å². The molecule has 0 radical (unpaired) electrons. The van der Waals surface area contributed by atoms with E-state index in [0.29, 0.717) is 13.1 Å². The van der Waals surface area contributed by atoms with Crippen LogP contribution >= 0.6 is 11.5 Å². The lowest BCUT2D eigenvalue weighted by Gasteiger charge is -2.34. The molecule has 0 atom stereocenters. The molecule has 0 spiro atoms. The zero-order valence-electron chi connectivity index (χ0n) is 15.3. The predicted octanol–water partition coefficient (Wildman–Crippen LogP) is 3.40. The molecule has 1 amide bonds. The van der Waals surface area contributed by atoms with Gasteiger partial charge in [0.1, 0.15) is 5.82 Å². The van der Waals surface area contributed by atoms with Crippen molar-refractivity contribution in [3.05, 3.63) is 77.1 Å². The smallest absolute Gasteiger partial charge is 0.254 e. The summed E-state index contributed by atoms with van der Waals surface area (Å²) in [5.41, 5.74) is 3.04. The Balaban J connectivity index is 1.37. The molecule has 1 aliphatic heterocycles. The molecule has 138 valence electrons. The van der Waals surface area contributed by atoms with Gasteiger partial charge in [0.15, 0.2) is 0 Å². The second-order valence-electron chi connectivity index (χ2n) is 6.75.